The Morgan fingerprint density at radius 2 is 2.10 bits per heavy atom. The van der Waals surface area contributed by atoms with Crippen molar-refractivity contribution in [3.05, 3.63) is 21.4 Å². The summed E-state index contributed by atoms with van der Waals surface area (Å²) in [5, 5.41) is 9.03. The Kier molecular flexibility index (Phi) is 4.96. The Morgan fingerprint density at radius 1 is 1.29 bits per heavy atom. The number of rotatable bonds is 3. The largest absolute Gasteiger partial charge is 0.396 e. The van der Waals surface area contributed by atoms with Crippen LogP contribution in [0, 0.1) is 5.92 Å². The van der Waals surface area contributed by atoms with E-state index in [2.05, 4.69) is 6.07 Å². The number of thiophene rings is 1. The maximum absolute atomic E-state index is 12.7. The second-order valence-electron chi connectivity index (χ2n) is 6.39. The monoisotopic (exact) mass is 307 g/mol. The number of aliphatic hydroxyl groups excluding tert-OH is 1. The molecule has 1 aliphatic heterocycles. The second-order valence-corrected chi connectivity index (χ2v) is 7.53. The lowest BCUT2D eigenvalue weighted by molar-refractivity contribution is 0.0789. The van der Waals surface area contributed by atoms with Gasteiger partial charge in [0.15, 0.2) is 0 Å². The number of carbonyl (C=O) groups is 1. The highest BCUT2D eigenvalue weighted by Gasteiger charge is 2.28. The van der Waals surface area contributed by atoms with Gasteiger partial charge >= 0.3 is 0 Å². The molecule has 1 N–H and O–H groups in total. The van der Waals surface area contributed by atoms with Crippen molar-refractivity contribution < 1.29 is 9.90 Å². The number of aliphatic hydroxyl groups is 1. The van der Waals surface area contributed by atoms with Crippen LogP contribution in [0.25, 0.3) is 0 Å². The van der Waals surface area contributed by atoms with Gasteiger partial charge in [0.1, 0.15) is 0 Å². The molecular formula is C17H25NO2S. The Bertz CT molecular complexity index is 471. The van der Waals surface area contributed by atoms with Crippen LogP contribution in [-0.4, -0.2) is 35.6 Å². The number of aryl methyl sites for hydroxylation is 2. The molecule has 1 amide bonds. The van der Waals surface area contributed by atoms with Gasteiger partial charge in [0.2, 0.25) is 0 Å². The van der Waals surface area contributed by atoms with Gasteiger partial charge in [0.25, 0.3) is 5.91 Å². The fourth-order valence-electron chi connectivity index (χ4n) is 3.54. The quantitative estimate of drug-likeness (QED) is 0.931. The number of likely N-dealkylation sites (tertiary alicyclic amines) is 1. The van der Waals surface area contributed by atoms with Crippen molar-refractivity contribution in [3.8, 4) is 0 Å². The Balaban J connectivity index is 1.69. The normalized spacial score (nSPS) is 22.7. The zero-order valence-electron chi connectivity index (χ0n) is 12.6. The van der Waals surface area contributed by atoms with E-state index in [0.29, 0.717) is 5.92 Å². The number of amides is 1. The average Bonchev–Trinajstić information content (AvgIpc) is 3.06. The molecule has 2 aliphatic rings. The molecule has 1 saturated heterocycles. The van der Waals surface area contributed by atoms with E-state index in [1.165, 1.54) is 36.1 Å². The predicted octanol–water partition coefficient (Wildman–Crippen LogP) is 3.25. The average molecular weight is 307 g/mol. The summed E-state index contributed by atoms with van der Waals surface area (Å²) < 4.78 is 0. The van der Waals surface area contributed by atoms with Gasteiger partial charge in [-0.2, -0.15) is 0 Å². The van der Waals surface area contributed by atoms with Gasteiger partial charge in [-0.05, 0) is 56.1 Å². The van der Waals surface area contributed by atoms with Crippen LogP contribution in [0.3, 0.4) is 0 Å². The van der Waals surface area contributed by atoms with Crippen LogP contribution in [0.2, 0.25) is 0 Å². The summed E-state index contributed by atoms with van der Waals surface area (Å²) in [6, 6.07) is 2.16. The van der Waals surface area contributed by atoms with Gasteiger partial charge in [0, 0.05) is 24.6 Å². The van der Waals surface area contributed by atoms with Crippen molar-refractivity contribution in [3.63, 3.8) is 0 Å². The minimum absolute atomic E-state index is 0.215. The van der Waals surface area contributed by atoms with Crippen LogP contribution in [0.4, 0.5) is 0 Å². The van der Waals surface area contributed by atoms with Crippen molar-refractivity contribution in [2.45, 2.75) is 51.4 Å². The Hall–Kier alpha value is -0.870. The van der Waals surface area contributed by atoms with E-state index in [0.717, 1.165) is 43.6 Å². The smallest absolute Gasteiger partial charge is 0.263 e. The molecule has 1 fully saturated rings. The number of hydrogen-bond acceptors (Lipinski definition) is 3. The molecule has 1 unspecified atom stereocenters. The van der Waals surface area contributed by atoms with Crippen LogP contribution < -0.4 is 0 Å². The van der Waals surface area contributed by atoms with Crippen molar-refractivity contribution in [2.24, 2.45) is 5.92 Å². The second kappa shape index (κ2) is 6.93. The lowest BCUT2D eigenvalue weighted by Gasteiger charge is -2.15. The van der Waals surface area contributed by atoms with Gasteiger partial charge in [0.05, 0.1) is 4.88 Å². The van der Waals surface area contributed by atoms with E-state index in [1.54, 1.807) is 11.3 Å². The molecule has 0 aromatic carbocycles. The molecule has 0 saturated carbocycles. The van der Waals surface area contributed by atoms with Crippen molar-refractivity contribution in [2.75, 3.05) is 19.7 Å². The highest BCUT2D eigenvalue weighted by molar-refractivity contribution is 7.14. The number of carbonyl (C=O) groups excluding carboxylic acids is 1. The number of fused-ring (bicyclic) bond motifs is 1. The third kappa shape index (κ3) is 3.49. The highest BCUT2D eigenvalue weighted by Crippen LogP contribution is 2.30. The molecule has 1 aromatic heterocycles. The molecule has 21 heavy (non-hydrogen) atoms. The van der Waals surface area contributed by atoms with Crippen molar-refractivity contribution >= 4 is 17.2 Å². The fraction of sp³-hybridized carbons (Fsp3) is 0.706. The summed E-state index contributed by atoms with van der Waals surface area (Å²) >= 11 is 1.73. The first-order chi connectivity index (χ1) is 10.3. The molecular weight excluding hydrogens is 282 g/mol. The molecule has 1 atom stereocenters. The van der Waals surface area contributed by atoms with E-state index in [1.807, 2.05) is 4.90 Å². The van der Waals surface area contributed by atoms with Crippen LogP contribution in [-0.2, 0) is 12.8 Å². The summed E-state index contributed by atoms with van der Waals surface area (Å²) in [5.41, 5.74) is 1.43. The Morgan fingerprint density at radius 3 is 2.90 bits per heavy atom. The molecule has 3 rings (SSSR count). The Labute approximate surface area is 131 Å². The van der Waals surface area contributed by atoms with Gasteiger partial charge in [-0.1, -0.05) is 12.8 Å². The third-order valence-electron chi connectivity index (χ3n) is 4.82. The molecule has 0 radical (unpaired) electrons. The standard InChI is InChI=1S/C17H25NO2S/c19-10-8-13-7-9-18(12-13)17(20)16-11-14-5-3-1-2-4-6-15(14)21-16/h11,13,19H,1-10,12H2. The first-order valence-corrected chi connectivity index (χ1v) is 9.11. The van der Waals surface area contributed by atoms with Gasteiger partial charge in [-0.25, -0.2) is 0 Å². The maximum atomic E-state index is 12.7. The summed E-state index contributed by atoms with van der Waals surface area (Å²) in [6.07, 6.45) is 9.35. The molecule has 4 heteroatoms. The highest BCUT2D eigenvalue weighted by atomic mass is 32.1. The molecule has 1 aliphatic carbocycles. The van der Waals surface area contributed by atoms with Gasteiger partial charge < -0.3 is 10.0 Å². The van der Waals surface area contributed by atoms with Gasteiger partial charge in [-0.15, -0.1) is 11.3 Å². The number of nitrogens with zero attached hydrogens (tertiary/aromatic N) is 1. The van der Waals surface area contributed by atoms with Gasteiger partial charge in [-0.3, -0.25) is 4.79 Å². The van der Waals surface area contributed by atoms with Crippen molar-refractivity contribution in [1.29, 1.82) is 0 Å². The van der Waals surface area contributed by atoms with Crippen LogP contribution in [0.1, 0.15) is 58.6 Å². The minimum atomic E-state index is 0.215. The van der Waals surface area contributed by atoms with E-state index >= 15 is 0 Å². The van der Waals surface area contributed by atoms with Crippen LogP contribution >= 0.6 is 11.3 Å². The lowest BCUT2D eigenvalue weighted by Crippen LogP contribution is -2.28. The summed E-state index contributed by atoms with van der Waals surface area (Å²) in [7, 11) is 0. The van der Waals surface area contributed by atoms with Crippen molar-refractivity contribution in [1.82, 2.24) is 4.90 Å². The van der Waals surface area contributed by atoms with E-state index in [9.17, 15) is 4.79 Å². The molecule has 0 spiro atoms. The molecule has 116 valence electrons. The number of hydrogen-bond donors (Lipinski definition) is 1. The minimum Gasteiger partial charge on any atom is -0.396 e. The molecule has 3 nitrogen and oxygen atoms in total. The summed E-state index contributed by atoms with van der Waals surface area (Å²) in [5.74, 6) is 0.701. The van der Waals surface area contributed by atoms with Crippen LogP contribution in [0.15, 0.2) is 6.07 Å². The SMILES string of the molecule is O=C(c1cc2c(s1)CCCCCC2)N1CCC(CCO)C1. The molecule has 2 heterocycles. The molecule has 0 bridgehead atoms. The predicted molar refractivity (Wildman–Crippen MR) is 85.9 cm³/mol. The summed E-state index contributed by atoms with van der Waals surface area (Å²) in [6.45, 7) is 1.91. The zero-order valence-corrected chi connectivity index (χ0v) is 13.5. The topological polar surface area (TPSA) is 40.5 Å². The van der Waals surface area contributed by atoms with Crippen LogP contribution in [0.5, 0.6) is 0 Å². The third-order valence-corrected chi connectivity index (χ3v) is 6.04. The first-order valence-electron chi connectivity index (χ1n) is 8.29. The molecule has 1 aromatic rings. The maximum Gasteiger partial charge on any atom is 0.263 e. The van der Waals surface area contributed by atoms with E-state index < -0.39 is 0 Å². The van der Waals surface area contributed by atoms with E-state index in [-0.39, 0.29) is 12.5 Å². The lowest BCUT2D eigenvalue weighted by atomic mass is 10.00. The first kappa shape index (κ1) is 15.0. The fourth-order valence-corrected chi connectivity index (χ4v) is 4.76. The zero-order chi connectivity index (χ0) is 14.7. The van der Waals surface area contributed by atoms with E-state index in [4.69, 9.17) is 5.11 Å². The summed E-state index contributed by atoms with van der Waals surface area (Å²) in [4.78, 5) is 17.0.